The summed E-state index contributed by atoms with van der Waals surface area (Å²) in [6.07, 6.45) is 4.83. The second-order valence-corrected chi connectivity index (χ2v) is 2.14. The van der Waals surface area contributed by atoms with Crippen molar-refractivity contribution in [1.29, 1.82) is 0 Å². The van der Waals surface area contributed by atoms with Gasteiger partial charge in [-0.05, 0) is 18.1 Å². The summed E-state index contributed by atoms with van der Waals surface area (Å²) in [7, 11) is 3.62. The van der Waals surface area contributed by atoms with E-state index in [1.807, 2.05) is 19.2 Å². The van der Waals surface area contributed by atoms with Gasteiger partial charge in [-0.25, -0.2) is 0 Å². The van der Waals surface area contributed by atoms with Gasteiger partial charge in [-0.2, -0.15) is 0 Å². The zero-order valence-corrected chi connectivity index (χ0v) is 7.52. The van der Waals surface area contributed by atoms with E-state index >= 15 is 0 Å². The fourth-order valence-electron chi connectivity index (χ4n) is 0.729. The molecule has 0 aromatic heterocycles. The summed E-state index contributed by atoms with van der Waals surface area (Å²) < 4.78 is 0. The molecule has 0 aliphatic heterocycles. The molecule has 0 saturated heterocycles. The molecule has 0 amide bonds. The molecular formula is C9H16N2. The van der Waals surface area contributed by atoms with Crippen molar-refractivity contribution in [2.45, 2.75) is 13.3 Å². The summed E-state index contributed by atoms with van der Waals surface area (Å²) in [5.41, 5.74) is 1.19. The molecule has 0 unspecified atom stereocenters. The van der Waals surface area contributed by atoms with E-state index in [-0.39, 0.29) is 0 Å². The van der Waals surface area contributed by atoms with Crippen LogP contribution in [0.25, 0.3) is 0 Å². The number of rotatable bonds is 3. The Bertz CT molecular complexity index is 178. The number of amidine groups is 1. The number of hydrogen-bond acceptors (Lipinski definition) is 1. The number of aliphatic imine (C=N–C) groups is 1. The van der Waals surface area contributed by atoms with Crippen LogP contribution in [0.5, 0.6) is 0 Å². The third-order valence-electron chi connectivity index (χ3n) is 1.49. The molecular weight excluding hydrogens is 136 g/mol. The van der Waals surface area contributed by atoms with Gasteiger partial charge in [0.15, 0.2) is 0 Å². The minimum Gasteiger partial charge on any atom is -0.373 e. The second kappa shape index (κ2) is 5.71. The van der Waals surface area contributed by atoms with Crippen molar-refractivity contribution in [1.82, 2.24) is 5.32 Å². The molecule has 0 aromatic rings. The molecule has 2 nitrogen and oxygen atoms in total. The first-order chi connectivity index (χ1) is 5.28. The summed E-state index contributed by atoms with van der Waals surface area (Å²) in [6, 6.07) is 0. The maximum Gasteiger partial charge on any atom is 0.120 e. The molecule has 0 spiro atoms. The number of allylic oxidation sites excluding steroid dienone is 2. The summed E-state index contributed by atoms with van der Waals surface area (Å²) in [6.45, 7) is 5.80. The molecule has 0 bridgehead atoms. The van der Waals surface area contributed by atoms with Gasteiger partial charge in [0.2, 0.25) is 0 Å². The molecule has 0 heterocycles. The van der Waals surface area contributed by atoms with E-state index in [1.165, 1.54) is 5.57 Å². The lowest BCUT2D eigenvalue weighted by atomic mass is 10.2. The standard InChI is InChI=1S/C9H16N2/c1-5-8(6-2)7-9(10-3)11-4/h5,7H,1,6H2,2-4H3,(H,10,11)/b8-7+. The predicted octanol–water partition coefficient (Wildman–Crippen LogP) is 1.76. The monoisotopic (exact) mass is 152 g/mol. The van der Waals surface area contributed by atoms with Gasteiger partial charge >= 0.3 is 0 Å². The van der Waals surface area contributed by atoms with Crippen LogP contribution in [-0.4, -0.2) is 19.9 Å². The van der Waals surface area contributed by atoms with Crippen molar-refractivity contribution in [3.05, 3.63) is 24.3 Å². The van der Waals surface area contributed by atoms with Gasteiger partial charge in [0, 0.05) is 14.1 Å². The fourth-order valence-corrected chi connectivity index (χ4v) is 0.729. The molecule has 0 aliphatic carbocycles. The Labute approximate surface area is 68.7 Å². The first kappa shape index (κ1) is 9.95. The third-order valence-corrected chi connectivity index (χ3v) is 1.49. The zero-order chi connectivity index (χ0) is 8.69. The Balaban J connectivity index is 4.35. The van der Waals surface area contributed by atoms with Crippen LogP contribution in [0.1, 0.15) is 13.3 Å². The van der Waals surface area contributed by atoms with Crippen molar-refractivity contribution in [2.24, 2.45) is 4.99 Å². The van der Waals surface area contributed by atoms with Gasteiger partial charge in [-0.1, -0.05) is 19.6 Å². The molecule has 0 aliphatic rings. The molecule has 62 valence electrons. The fraction of sp³-hybridized carbons (Fsp3) is 0.444. The second-order valence-electron chi connectivity index (χ2n) is 2.14. The van der Waals surface area contributed by atoms with Gasteiger partial charge in [0.1, 0.15) is 5.84 Å². The lowest BCUT2D eigenvalue weighted by molar-refractivity contribution is 1.12. The van der Waals surface area contributed by atoms with Crippen molar-refractivity contribution < 1.29 is 0 Å². The molecule has 0 fully saturated rings. The minimum atomic E-state index is 0.891. The smallest absolute Gasteiger partial charge is 0.120 e. The normalized spacial score (nSPS) is 13.0. The van der Waals surface area contributed by atoms with Crippen LogP contribution < -0.4 is 5.32 Å². The highest BCUT2D eigenvalue weighted by Crippen LogP contribution is 2.00. The van der Waals surface area contributed by atoms with Gasteiger partial charge in [0.05, 0.1) is 0 Å². The molecule has 0 rings (SSSR count). The van der Waals surface area contributed by atoms with Crippen LogP contribution >= 0.6 is 0 Å². The predicted molar refractivity (Wildman–Crippen MR) is 51.0 cm³/mol. The maximum absolute atomic E-state index is 4.02. The first-order valence-corrected chi connectivity index (χ1v) is 3.76. The molecule has 0 aromatic carbocycles. The van der Waals surface area contributed by atoms with Crippen LogP contribution in [-0.2, 0) is 0 Å². The molecule has 11 heavy (non-hydrogen) atoms. The summed E-state index contributed by atoms with van der Waals surface area (Å²) in [4.78, 5) is 4.02. The molecule has 1 N–H and O–H groups in total. The average molecular weight is 152 g/mol. The Morgan fingerprint density at radius 1 is 1.64 bits per heavy atom. The van der Waals surface area contributed by atoms with E-state index in [4.69, 9.17) is 0 Å². The van der Waals surface area contributed by atoms with Crippen molar-refractivity contribution >= 4 is 5.84 Å². The van der Waals surface area contributed by atoms with Crippen molar-refractivity contribution in [2.75, 3.05) is 14.1 Å². The minimum absolute atomic E-state index is 0.891. The van der Waals surface area contributed by atoms with Gasteiger partial charge in [0.25, 0.3) is 0 Å². The Morgan fingerprint density at radius 3 is 2.55 bits per heavy atom. The van der Waals surface area contributed by atoms with Gasteiger partial charge in [-0.15, -0.1) is 0 Å². The van der Waals surface area contributed by atoms with E-state index in [1.54, 1.807) is 7.05 Å². The number of hydrogen-bond donors (Lipinski definition) is 1. The SMILES string of the molecule is C=C/C(=C\C(=NC)NC)CC. The van der Waals surface area contributed by atoms with Crippen LogP contribution in [0.2, 0.25) is 0 Å². The Hall–Kier alpha value is -1.05. The number of nitrogens with one attached hydrogen (secondary N) is 1. The summed E-state index contributed by atoms with van der Waals surface area (Å²) in [5.74, 6) is 0.891. The Kier molecular flexibility index (Phi) is 5.17. The van der Waals surface area contributed by atoms with Crippen LogP contribution in [0.4, 0.5) is 0 Å². The van der Waals surface area contributed by atoms with Crippen molar-refractivity contribution in [3.63, 3.8) is 0 Å². The van der Waals surface area contributed by atoms with E-state index in [0.717, 1.165) is 12.3 Å². The zero-order valence-electron chi connectivity index (χ0n) is 7.52. The highest BCUT2D eigenvalue weighted by atomic mass is 14.9. The van der Waals surface area contributed by atoms with Crippen LogP contribution in [0, 0.1) is 0 Å². The van der Waals surface area contributed by atoms with Crippen LogP contribution in [0.15, 0.2) is 29.3 Å². The lowest BCUT2D eigenvalue weighted by Gasteiger charge is -1.99. The highest BCUT2D eigenvalue weighted by molar-refractivity contribution is 5.93. The number of likely N-dealkylation sites (N-methyl/N-ethyl adjacent to an activating group) is 1. The van der Waals surface area contributed by atoms with Gasteiger partial charge < -0.3 is 5.32 Å². The van der Waals surface area contributed by atoms with Gasteiger partial charge in [-0.3, -0.25) is 4.99 Å². The molecule has 0 saturated carbocycles. The quantitative estimate of drug-likeness (QED) is 0.372. The number of nitrogens with zero attached hydrogens (tertiary/aromatic N) is 1. The highest BCUT2D eigenvalue weighted by Gasteiger charge is 1.90. The summed E-state index contributed by atoms with van der Waals surface area (Å²) >= 11 is 0. The molecule has 2 heteroatoms. The summed E-state index contributed by atoms with van der Waals surface area (Å²) in [5, 5.41) is 2.98. The van der Waals surface area contributed by atoms with E-state index in [2.05, 4.69) is 23.8 Å². The molecule has 0 atom stereocenters. The first-order valence-electron chi connectivity index (χ1n) is 3.76. The Morgan fingerprint density at radius 2 is 2.27 bits per heavy atom. The largest absolute Gasteiger partial charge is 0.373 e. The van der Waals surface area contributed by atoms with E-state index in [9.17, 15) is 0 Å². The van der Waals surface area contributed by atoms with Crippen molar-refractivity contribution in [3.8, 4) is 0 Å². The molecule has 0 radical (unpaired) electrons. The maximum atomic E-state index is 4.02. The van der Waals surface area contributed by atoms with E-state index in [0.29, 0.717) is 0 Å². The topological polar surface area (TPSA) is 24.4 Å². The van der Waals surface area contributed by atoms with E-state index < -0.39 is 0 Å². The average Bonchev–Trinajstić information content (AvgIpc) is 2.07. The lowest BCUT2D eigenvalue weighted by Crippen LogP contribution is -2.15. The third kappa shape index (κ3) is 3.61. The van der Waals surface area contributed by atoms with Crippen LogP contribution in [0.3, 0.4) is 0 Å².